The van der Waals surface area contributed by atoms with Crippen molar-refractivity contribution in [2.24, 2.45) is 0 Å². The Kier molecular flexibility index (Phi) is 4.99. The molecule has 0 bridgehead atoms. The molecule has 0 aromatic rings. The predicted molar refractivity (Wildman–Crippen MR) is 42.8 cm³/mol. The van der Waals surface area contributed by atoms with Crippen LogP contribution < -0.4 is 5.32 Å². The molecule has 0 aliphatic carbocycles. The molecule has 2 heteroatoms. The Bertz CT molecular complexity index is 101. The lowest BCUT2D eigenvalue weighted by atomic mass is 10.2. The summed E-state index contributed by atoms with van der Waals surface area (Å²) < 4.78 is 0. The number of carbonyl (C=O) groups excluding carboxylic acids is 1. The first-order valence-corrected chi connectivity index (χ1v) is 4.00. The van der Waals surface area contributed by atoms with E-state index >= 15 is 0 Å². The van der Waals surface area contributed by atoms with Gasteiger partial charge in [0.25, 0.3) is 0 Å². The average Bonchev–Trinajstić information content (AvgIpc) is 1.88. The molecule has 1 unspecified atom stereocenters. The van der Waals surface area contributed by atoms with Gasteiger partial charge in [-0.2, -0.15) is 0 Å². The van der Waals surface area contributed by atoms with E-state index in [1.807, 2.05) is 13.8 Å². The van der Waals surface area contributed by atoms with E-state index in [0.717, 1.165) is 12.8 Å². The van der Waals surface area contributed by atoms with Crippen LogP contribution in [0.4, 0.5) is 0 Å². The Labute approximate surface area is 63.0 Å². The summed E-state index contributed by atoms with van der Waals surface area (Å²) in [4.78, 5) is 10.8. The summed E-state index contributed by atoms with van der Waals surface area (Å²) >= 11 is 0. The van der Waals surface area contributed by atoms with E-state index in [9.17, 15) is 4.79 Å². The topological polar surface area (TPSA) is 29.1 Å². The van der Waals surface area contributed by atoms with Crippen LogP contribution in [0.3, 0.4) is 0 Å². The summed E-state index contributed by atoms with van der Waals surface area (Å²) in [6, 6.07) is 0.345. The van der Waals surface area contributed by atoms with Gasteiger partial charge in [0.1, 0.15) is 0 Å². The molecular weight excluding hydrogens is 126 g/mol. The van der Waals surface area contributed by atoms with Gasteiger partial charge in [0.05, 0.1) is 0 Å². The maximum atomic E-state index is 10.8. The fourth-order valence-corrected chi connectivity index (χ4v) is 0.882. The summed E-state index contributed by atoms with van der Waals surface area (Å²) in [6.45, 7) is 6.03. The van der Waals surface area contributed by atoms with E-state index in [2.05, 4.69) is 12.2 Å². The second-order valence-electron chi connectivity index (χ2n) is 2.61. The number of amides is 1. The van der Waals surface area contributed by atoms with Crippen molar-refractivity contribution in [3.63, 3.8) is 0 Å². The standard InChI is InChI=1S/C8H17NO/c1-4-6-7(3)9-8(10)5-2/h7H,4-6H2,1-3H3,(H,9,10). The molecule has 1 atom stereocenters. The molecule has 0 spiro atoms. The second-order valence-corrected chi connectivity index (χ2v) is 2.61. The van der Waals surface area contributed by atoms with Crippen molar-refractivity contribution in [3.05, 3.63) is 0 Å². The summed E-state index contributed by atoms with van der Waals surface area (Å²) in [5, 5.41) is 2.89. The first kappa shape index (κ1) is 9.47. The van der Waals surface area contributed by atoms with E-state index < -0.39 is 0 Å². The van der Waals surface area contributed by atoms with Crippen molar-refractivity contribution in [1.29, 1.82) is 0 Å². The van der Waals surface area contributed by atoms with Crippen LogP contribution in [0.1, 0.15) is 40.0 Å². The van der Waals surface area contributed by atoms with Gasteiger partial charge in [-0.05, 0) is 13.3 Å². The zero-order valence-electron chi connectivity index (χ0n) is 7.11. The fraction of sp³-hybridized carbons (Fsp3) is 0.875. The highest BCUT2D eigenvalue weighted by atomic mass is 16.1. The molecule has 1 amide bonds. The molecule has 60 valence electrons. The molecule has 10 heavy (non-hydrogen) atoms. The zero-order valence-corrected chi connectivity index (χ0v) is 7.11. The van der Waals surface area contributed by atoms with Gasteiger partial charge in [-0.25, -0.2) is 0 Å². The van der Waals surface area contributed by atoms with Gasteiger partial charge in [0, 0.05) is 12.5 Å². The van der Waals surface area contributed by atoms with Crippen LogP contribution in [0, 0.1) is 0 Å². The molecule has 0 heterocycles. The second kappa shape index (κ2) is 5.27. The van der Waals surface area contributed by atoms with Crippen LogP contribution in [0.5, 0.6) is 0 Å². The molecule has 0 aromatic heterocycles. The average molecular weight is 143 g/mol. The lowest BCUT2D eigenvalue weighted by Gasteiger charge is -2.10. The molecule has 0 rings (SSSR count). The molecule has 2 nitrogen and oxygen atoms in total. The highest BCUT2D eigenvalue weighted by molar-refractivity contribution is 5.75. The van der Waals surface area contributed by atoms with Gasteiger partial charge in [-0.3, -0.25) is 4.79 Å². The van der Waals surface area contributed by atoms with Crippen molar-refractivity contribution in [2.75, 3.05) is 0 Å². The monoisotopic (exact) mass is 143 g/mol. The van der Waals surface area contributed by atoms with Crippen LogP contribution in [0.25, 0.3) is 0 Å². The number of nitrogens with one attached hydrogen (secondary N) is 1. The number of hydrogen-bond acceptors (Lipinski definition) is 1. The summed E-state index contributed by atoms with van der Waals surface area (Å²) in [6.07, 6.45) is 2.80. The summed E-state index contributed by atoms with van der Waals surface area (Å²) in [7, 11) is 0. The molecule has 0 aliphatic rings. The number of rotatable bonds is 4. The van der Waals surface area contributed by atoms with E-state index in [1.54, 1.807) is 0 Å². The van der Waals surface area contributed by atoms with E-state index in [-0.39, 0.29) is 5.91 Å². The quantitative estimate of drug-likeness (QED) is 0.637. The lowest BCUT2D eigenvalue weighted by Crippen LogP contribution is -2.31. The molecule has 0 radical (unpaired) electrons. The zero-order chi connectivity index (χ0) is 7.98. The smallest absolute Gasteiger partial charge is 0.219 e. The third kappa shape index (κ3) is 4.36. The van der Waals surface area contributed by atoms with Gasteiger partial charge in [-0.1, -0.05) is 20.3 Å². The van der Waals surface area contributed by atoms with Crippen LogP contribution >= 0.6 is 0 Å². The number of hydrogen-bond donors (Lipinski definition) is 1. The minimum Gasteiger partial charge on any atom is -0.354 e. The molecule has 1 N–H and O–H groups in total. The Hall–Kier alpha value is -0.530. The Morgan fingerprint density at radius 2 is 2.10 bits per heavy atom. The molecule has 0 aliphatic heterocycles. The first-order chi connectivity index (χ1) is 4.70. The molecular formula is C8H17NO. The molecule has 0 fully saturated rings. The normalized spacial score (nSPS) is 12.7. The fourth-order valence-electron chi connectivity index (χ4n) is 0.882. The first-order valence-electron chi connectivity index (χ1n) is 4.00. The van der Waals surface area contributed by atoms with Crippen LogP contribution in [-0.2, 0) is 4.79 Å². The van der Waals surface area contributed by atoms with Gasteiger partial charge in [0.2, 0.25) is 5.91 Å². The minimum absolute atomic E-state index is 0.154. The molecule has 0 saturated heterocycles. The van der Waals surface area contributed by atoms with Crippen molar-refractivity contribution in [3.8, 4) is 0 Å². The third-order valence-corrected chi connectivity index (χ3v) is 1.45. The minimum atomic E-state index is 0.154. The third-order valence-electron chi connectivity index (χ3n) is 1.45. The molecule has 0 aromatic carbocycles. The summed E-state index contributed by atoms with van der Waals surface area (Å²) in [5.74, 6) is 0.154. The number of carbonyl (C=O) groups is 1. The van der Waals surface area contributed by atoms with Gasteiger partial charge >= 0.3 is 0 Å². The Balaban J connectivity index is 3.37. The predicted octanol–water partition coefficient (Wildman–Crippen LogP) is 1.70. The Morgan fingerprint density at radius 3 is 2.50 bits per heavy atom. The Morgan fingerprint density at radius 1 is 1.50 bits per heavy atom. The maximum Gasteiger partial charge on any atom is 0.219 e. The van der Waals surface area contributed by atoms with Crippen LogP contribution in [0.15, 0.2) is 0 Å². The van der Waals surface area contributed by atoms with Crippen LogP contribution in [-0.4, -0.2) is 11.9 Å². The van der Waals surface area contributed by atoms with Gasteiger partial charge < -0.3 is 5.32 Å². The van der Waals surface area contributed by atoms with E-state index in [0.29, 0.717) is 12.5 Å². The van der Waals surface area contributed by atoms with Crippen molar-refractivity contribution in [2.45, 2.75) is 46.1 Å². The van der Waals surface area contributed by atoms with E-state index in [4.69, 9.17) is 0 Å². The van der Waals surface area contributed by atoms with Crippen molar-refractivity contribution >= 4 is 5.91 Å². The SMILES string of the molecule is CCCC(C)NC(=O)CC. The van der Waals surface area contributed by atoms with E-state index in [1.165, 1.54) is 0 Å². The van der Waals surface area contributed by atoms with Gasteiger partial charge in [-0.15, -0.1) is 0 Å². The van der Waals surface area contributed by atoms with Crippen molar-refractivity contribution in [1.82, 2.24) is 5.32 Å². The lowest BCUT2D eigenvalue weighted by molar-refractivity contribution is -0.121. The van der Waals surface area contributed by atoms with Gasteiger partial charge in [0.15, 0.2) is 0 Å². The molecule has 0 saturated carbocycles. The van der Waals surface area contributed by atoms with Crippen molar-refractivity contribution < 1.29 is 4.79 Å². The highest BCUT2D eigenvalue weighted by Crippen LogP contribution is 1.94. The highest BCUT2D eigenvalue weighted by Gasteiger charge is 2.02. The summed E-state index contributed by atoms with van der Waals surface area (Å²) in [5.41, 5.74) is 0. The van der Waals surface area contributed by atoms with Crippen LogP contribution in [0.2, 0.25) is 0 Å². The largest absolute Gasteiger partial charge is 0.354 e. The maximum absolute atomic E-state index is 10.8.